The van der Waals surface area contributed by atoms with Crippen molar-refractivity contribution in [1.29, 1.82) is 0 Å². The number of aliphatic hydroxyl groups excluding tert-OH is 2. The highest BCUT2D eigenvalue weighted by molar-refractivity contribution is 7.56. The van der Waals surface area contributed by atoms with Crippen LogP contribution in [0.15, 0.2) is 0 Å². The van der Waals surface area contributed by atoms with Gasteiger partial charge in [-0.05, 0) is 20.3 Å². The fraction of sp³-hybridized carbons (Fsp3) is 1.00. The molecule has 0 aliphatic heterocycles. The van der Waals surface area contributed by atoms with E-state index in [1.54, 1.807) is 6.92 Å². The van der Waals surface area contributed by atoms with Crippen LogP contribution in [0, 0.1) is 0 Å². The smallest absolute Gasteiger partial charge is 0.0601 e. The molecule has 0 aromatic carbocycles. The second kappa shape index (κ2) is 4.21. The van der Waals surface area contributed by atoms with Gasteiger partial charge in [-0.15, -0.1) is 7.92 Å². The van der Waals surface area contributed by atoms with Gasteiger partial charge in [-0.3, -0.25) is 0 Å². The molecule has 2 atom stereocenters. The standard InChI is InChI=1S/C6H15O2P/c1-5(8)6(4-7)9(2)3/h5-8H,4H2,1-3H3. The van der Waals surface area contributed by atoms with Gasteiger partial charge in [0.15, 0.2) is 0 Å². The van der Waals surface area contributed by atoms with Crippen molar-refractivity contribution in [1.82, 2.24) is 0 Å². The molecule has 2 unspecified atom stereocenters. The molecule has 0 aromatic heterocycles. The van der Waals surface area contributed by atoms with E-state index in [-0.39, 0.29) is 26.3 Å². The van der Waals surface area contributed by atoms with Crippen LogP contribution < -0.4 is 0 Å². The van der Waals surface area contributed by atoms with Gasteiger partial charge in [0, 0.05) is 5.66 Å². The van der Waals surface area contributed by atoms with Gasteiger partial charge in [0.2, 0.25) is 0 Å². The molecule has 0 fully saturated rings. The van der Waals surface area contributed by atoms with E-state index in [4.69, 9.17) is 10.2 Å². The molecule has 0 amide bonds. The summed E-state index contributed by atoms with van der Waals surface area (Å²) in [4.78, 5) is 0. The summed E-state index contributed by atoms with van der Waals surface area (Å²) in [7, 11) is -0.203. The van der Waals surface area contributed by atoms with Crippen molar-refractivity contribution in [2.24, 2.45) is 0 Å². The highest BCUT2D eigenvalue weighted by Crippen LogP contribution is 2.33. The van der Waals surface area contributed by atoms with Crippen LogP contribution in [-0.2, 0) is 0 Å². The third-order valence-corrected chi connectivity index (χ3v) is 3.33. The van der Waals surface area contributed by atoms with E-state index >= 15 is 0 Å². The van der Waals surface area contributed by atoms with Crippen molar-refractivity contribution in [2.75, 3.05) is 19.9 Å². The van der Waals surface area contributed by atoms with Crippen LogP contribution >= 0.6 is 7.92 Å². The molecule has 0 radical (unpaired) electrons. The summed E-state index contributed by atoms with van der Waals surface area (Å²) >= 11 is 0. The first-order valence-corrected chi connectivity index (χ1v) is 5.35. The van der Waals surface area contributed by atoms with Crippen LogP contribution in [0.4, 0.5) is 0 Å². The Morgan fingerprint density at radius 1 is 1.44 bits per heavy atom. The van der Waals surface area contributed by atoms with Crippen molar-refractivity contribution >= 4 is 7.92 Å². The van der Waals surface area contributed by atoms with Gasteiger partial charge in [0.25, 0.3) is 0 Å². The molecule has 0 aromatic rings. The molecule has 0 bridgehead atoms. The summed E-state index contributed by atoms with van der Waals surface area (Å²) in [5.74, 6) is 0. The summed E-state index contributed by atoms with van der Waals surface area (Å²) in [5.41, 5.74) is 0.0972. The predicted molar refractivity (Wildman–Crippen MR) is 41.3 cm³/mol. The highest BCUT2D eigenvalue weighted by atomic mass is 31.1. The first-order valence-electron chi connectivity index (χ1n) is 3.05. The molecule has 0 saturated heterocycles. The minimum Gasteiger partial charge on any atom is -0.396 e. The average molecular weight is 150 g/mol. The Morgan fingerprint density at radius 3 is 1.89 bits per heavy atom. The van der Waals surface area contributed by atoms with Gasteiger partial charge >= 0.3 is 0 Å². The van der Waals surface area contributed by atoms with E-state index in [0.717, 1.165) is 0 Å². The molecular formula is C6H15O2P. The number of hydrogen-bond donors (Lipinski definition) is 2. The Labute approximate surface area is 57.7 Å². The van der Waals surface area contributed by atoms with Crippen LogP contribution in [-0.4, -0.2) is 41.9 Å². The van der Waals surface area contributed by atoms with Crippen molar-refractivity contribution in [3.63, 3.8) is 0 Å². The molecule has 0 aliphatic carbocycles. The van der Waals surface area contributed by atoms with Gasteiger partial charge in [0.05, 0.1) is 12.7 Å². The SMILES string of the molecule is CC(O)C(CO)P(C)C. The zero-order valence-electron chi connectivity index (χ0n) is 6.20. The van der Waals surface area contributed by atoms with E-state index in [0.29, 0.717) is 0 Å². The lowest BCUT2D eigenvalue weighted by Gasteiger charge is -2.20. The lowest BCUT2D eigenvalue weighted by Crippen LogP contribution is -2.24. The third-order valence-electron chi connectivity index (χ3n) is 1.41. The second-order valence-electron chi connectivity index (χ2n) is 2.45. The Morgan fingerprint density at radius 2 is 1.89 bits per heavy atom. The maximum absolute atomic E-state index is 9.04. The monoisotopic (exact) mass is 150 g/mol. The summed E-state index contributed by atoms with van der Waals surface area (Å²) in [6, 6.07) is 0. The molecule has 3 heteroatoms. The van der Waals surface area contributed by atoms with E-state index in [9.17, 15) is 0 Å². The first kappa shape index (κ1) is 9.35. The van der Waals surface area contributed by atoms with Crippen molar-refractivity contribution in [2.45, 2.75) is 18.7 Å². The Bertz CT molecular complexity index is 65.5. The van der Waals surface area contributed by atoms with Crippen LogP contribution in [0.25, 0.3) is 0 Å². The molecule has 0 rings (SSSR count). The van der Waals surface area contributed by atoms with Crippen LogP contribution in [0.5, 0.6) is 0 Å². The van der Waals surface area contributed by atoms with E-state index in [1.807, 2.05) is 0 Å². The van der Waals surface area contributed by atoms with Crippen LogP contribution in [0.1, 0.15) is 6.92 Å². The minimum atomic E-state index is -0.365. The third kappa shape index (κ3) is 3.14. The Balaban J connectivity index is 3.68. The van der Waals surface area contributed by atoms with Gasteiger partial charge < -0.3 is 10.2 Å². The fourth-order valence-corrected chi connectivity index (χ4v) is 1.94. The summed E-state index contributed by atoms with van der Waals surface area (Å²) in [6.45, 7) is 5.95. The van der Waals surface area contributed by atoms with Gasteiger partial charge in [-0.2, -0.15) is 0 Å². The Hall–Kier alpha value is 0.350. The lowest BCUT2D eigenvalue weighted by atomic mass is 10.3. The van der Waals surface area contributed by atoms with Crippen LogP contribution in [0.3, 0.4) is 0 Å². The second-order valence-corrected chi connectivity index (χ2v) is 5.04. The van der Waals surface area contributed by atoms with E-state index < -0.39 is 0 Å². The van der Waals surface area contributed by atoms with Crippen LogP contribution in [0.2, 0.25) is 0 Å². The summed E-state index contributed by atoms with van der Waals surface area (Å²) in [6.07, 6.45) is -0.365. The van der Waals surface area contributed by atoms with Crippen molar-refractivity contribution < 1.29 is 10.2 Å². The van der Waals surface area contributed by atoms with Gasteiger partial charge in [-0.1, -0.05) is 0 Å². The maximum Gasteiger partial charge on any atom is 0.0601 e. The molecule has 0 saturated carbocycles. The first-order chi connectivity index (χ1) is 4.09. The molecule has 2 N–H and O–H groups in total. The summed E-state index contributed by atoms with van der Waals surface area (Å²) < 4.78 is 0. The maximum atomic E-state index is 9.04. The van der Waals surface area contributed by atoms with Crippen molar-refractivity contribution in [3.8, 4) is 0 Å². The predicted octanol–water partition coefficient (Wildman–Crippen LogP) is 0.470. The molecular weight excluding hydrogens is 135 g/mol. The molecule has 0 aliphatic rings. The summed E-state index contributed by atoms with van der Waals surface area (Å²) in [5, 5.41) is 17.8. The zero-order chi connectivity index (χ0) is 7.44. The largest absolute Gasteiger partial charge is 0.396 e. The van der Waals surface area contributed by atoms with E-state index in [2.05, 4.69) is 13.3 Å². The molecule has 56 valence electrons. The molecule has 0 spiro atoms. The number of hydrogen-bond acceptors (Lipinski definition) is 2. The molecule has 9 heavy (non-hydrogen) atoms. The quantitative estimate of drug-likeness (QED) is 0.574. The fourth-order valence-electron chi connectivity index (χ4n) is 0.747. The van der Waals surface area contributed by atoms with E-state index in [1.165, 1.54) is 0 Å². The average Bonchev–Trinajstić information content (AvgIpc) is 1.64. The highest BCUT2D eigenvalue weighted by Gasteiger charge is 2.16. The number of rotatable bonds is 3. The lowest BCUT2D eigenvalue weighted by molar-refractivity contribution is 0.154. The van der Waals surface area contributed by atoms with Crippen molar-refractivity contribution in [3.05, 3.63) is 0 Å². The number of aliphatic hydroxyl groups is 2. The topological polar surface area (TPSA) is 40.5 Å². The Kier molecular flexibility index (Phi) is 4.37. The minimum absolute atomic E-state index is 0.0972. The molecule has 0 heterocycles. The zero-order valence-corrected chi connectivity index (χ0v) is 7.10. The normalized spacial score (nSPS) is 18.0. The van der Waals surface area contributed by atoms with Gasteiger partial charge in [0.1, 0.15) is 0 Å². The molecule has 2 nitrogen and oxygen atoms in total. The van der Waals surface area contributed by atoms with Gasteiger partial charge in [-0.25, -0.2) is 0 Å².